The molecule has 0 bridgehead atoms. The second-order valence-electron chi connectivity index (χ2n) is 3.25. The van der Waals surface area contributed by atoms with E-state index >= 15 is 0 Å². The molecule has 0 unspecified atom stereocenters. The minimum Gasteiger partial charge on any atom is -0.365 e. The number of pyridine rings is 1. The average Bonchev–Trinajstić information content (AvgIpc) is 2.29. The molecular weight excluding hydrogens is 174 g/mol. The van der Waals surface area contributed by atoms with E-state index in [4.69, 9.17) is 0 Å². The zero-order valence-corrected chi connectivity index (χ0v) is 7.57. The fourth-order valence-electron chi connectivity index (χ4n) is 1.74. The molecule has 1 aromatic heterocycles. The van der Waals surface area contributed by atoms with Gasteiger partial charge in [0.2, 0.25) is 0 Å². The number of rotatable bonds is 0. The highest BCUT2D eigenvalue weighted by molar-refractivity contribution is 6.02. The standard InChI is InChI=1S/C11H9N3/c1-2-9-10(13-5-1)4-3-8-6-12-7-14-11(8)9/h1-6,14H,7H2. The normalized spacial score (nSPS) is 13.7. The first kappa shape index (κ1) is 7.50. The molecule has 0 amide bonds. The third-order valence-corrected chi connectivity index (χ3v) is 2.39. The van der Waals surface area contributed by atoms with E-state index in [2.05, 4.69) is 21.4 Å². The van der Waals surface area contributed by atoms with Crippen molar-refractivity contribution in [2.45, 2.75) is 0 Å². The molecule has 3 rings (SSSR count). The molecule has 2 heterocycles. The van der Waals surface area contributed by atoms with Crippen LogP contribution in [-0.2, 0) is 0 Å². The maximum Gasteiger partial charge on any atom is 0.107 e. The summed E-state index contributed by atoms with van der Waals surface area (Å²) in [6.07, 6.45) is 3.71. The zero-order chi connectivity index (χ0) is 9.38. The lowest BCUT2D eigenvalue weighted by Crippen LogP contribution is -2.08. The van der Waals surface area contributed by atoms with Gasteiger partial charge in [-0.05, 0) is 24.3 Å². The summed E-state index contributed by atoms with van der Waals surface area (Å²) in [7, 11) is 0. The van der Waals surface area contributed by atoms with Crippen molar-refractivity contribution in [2.24, 2.45) is 4.99 Å². The molecule has 0 fully saturated rings. The summed E-state index contributed by atoms with van der Waals surface area (Å²) >= 11 is 0. The number of hydrogen-bond acceptors (Lipinski definition) is 3. The van der Waals surface area contributed by atoms with Crippen LogP contribution in [0.1, 0.15) is 5.56 Å². The monoisotopic (exact) mass is 183 g/mol. The molecule has 0 radical (unpaired) electrons. The molecule has 3 heteroatoms. The highest BCUT2D eigenvalue weighted by Gasteiger charge is 2.08. The van der Waals surface area contributed by atoms with Crippen molar-refractivity contribution in [2.75, 3.05) is 12.0 Å². The maximum atomic E-state index is 4.30. The van der Waals surface area contributed by atoms with Crippen LogP contribution in [-0.4, -0.2) is 17.9 Å². The van der Waals surface area contributed by atoms with E-state index in [1.54, 1.807) is 0 Å². The van der Waals surface area contributed by atoms with E-state index in [0.717, 1.165) is 22.2 Å². The number of aliphatic imine (C=N–C) groups is 1. The minimum absolute atomic E-state index is 0.654. The van der Waals surface area contributed by atoms with E-state index in [1.807, 2.05) is 30.6 Å². The second kappa shape index (κ2) is 2.80. The Kier molecular flexibility index (Phi) is 1.50. The van der Waals surface area contributed by atoms with E-state index in [-0.39, 0.29) is 0 Å². The van der Waals surface area contributed by atoms with Crippen molar-refractivity contribution in [3.8, 4) is 0 Å². The molecule has 1 N–H and O–H groups in total. The molecule has 0 saturated heterocycles. The Morgan fingerprint density at radius 1 is 1.21 bits per heavy atom. The lowest BCUT2D eigenvalue weighted by atomic mass is 10.1. The van der Waals surface area contributed by atoms with Crippen LogP contribution in [0.5, 0.6) is 0 Å². The van der Waals surface area contributed by atoms with E-state index in [9.17, 15) is 0 Å². The molecule has 0 spiro atoms. The summed E-state index contributed by atoms with van der Waals surface area (Å²) in [6, 6.07) is 8.09. The lowest BCUT2D eigenvalue weighted by Gasteiger charge is -2.14. The summed E-state index contributed by atoms with van der Waals surface area (Å²) in [5.74, 6) is 0. The predicted molar refractivity (Wildman–Crippen MR) is 57.8 cm³/mol. The van der Waals surface area contributed by atoms with Crippen molar-refractivity contribution in [1.29, 1.82) is 0 Å². The van der Waals surface area contributed by atoms with Crippen LogP contribution in [0.2, 0.25) is 0 Å². The van der Waals surface area contributed by atoms with Gasteiger partial charge in [0.1, 0.15) is 6.67 Å². The molecular formula is C11H9N3. The molecule has 1 aliphatic heterocycles. The highest BCUT2D eigenvalue weighted by Crippen LogP contribution is 2.26. The number of fused-ring (bicyclic) bond motifs is 3. The van der Waals surface area contributed by atoms with Gasteiger partial charge in [0.15, 0.2) is 0 Å². The molecule has 0 saturated carbocycles. The smallest absolute Gasteiger partial charge is 0.107 e. The fourth-order valence-corrected chi connectivity index (χ4v) is 1.74. The molecule has 2 aromatic rings. The first-order chi connectivity index (χ1) is 6.95. The van der Waals surface area contributed by atoms with Gasteiger partial charge < -0.3 is 5.32 Å². The summed E-state index contributed by atoms with van der Waals surface area (Å²) in [5, 5.41) is 4.43. The van der Waals surface area contributed by atoms with E-state index < -0.39 is 0 Å². The summed E-state index contributed by atoms with van der Waals surface area (Å²) < 4.78 is 0. The van der Waals surface area contributed by atoms with Crippen LogP contribution >= 0.6 is 0 Å². The Morgan fingerprint density at radius 2 is 2.21 bits per heavy atom. The largest absolute Gasteiger partial charge is 0.365 e. The van der Waals surface area contributed by atoms with Crippen molar-refractivity contribution >= 4 is 22.8 Å². The Hall–Kier alpha value is -1.90. The van der Waals surface area contributed by atoms with Crippen LogP contribution in [0.4, 0.5) is 5.69 Å². The topological polar surface area (TPSA) is 37.3 Å². The number of aromatic nitrogens is 1. The van der Waals surface area contributed by atoms with Crippen LogP contribution in [0.15, 0.2) is 35.5 Å². The van der Waals surface area contributed by atoms with Gasteiger partial charge in [-0.2, -0.15) is 0 Å². The van der Waals surface area contributed by atoms with Gasteiger partial charge in [-0.3, -0.25) is 9.98 Å². The van der Waals surface area contributed by atoms with E-state index in [1.165, 1.54) is 0 Å². The molecule has 1 aliphatic rings. The quantitative estimate of drug-likeness (QED) is 0.678. The van der Waals surface area contributed by atoms with Gasteiger partial charge in [-0.15, -0.1) is 0 Å². The van der Waals surface area contributed by atoms with Gasteiger partial charge in [-0.1, -0.05) is 0 Å². The second-order valence-corrected chi connectivity index (χ2v) is 3.25. The molecule has 3 nitrogen and oxygen atoms in total. The van der Waals surface area contributed by atoms with Gasteiger partial charge >= 0.3 is 0 Å². The Morgan fingerprint density at radius 3 is 3.21 bits per heavy atom. The summed E-state index contributed by atoms with van der Waals surface area (Å²) in [5.41, 5.74) is 3.30. The van der Waals surface area contributed by atoms with Crippen LogP contribution < -0.4 is 5.32 Å². The van der Waals surface area contributed by atoms with Gasteiger partial charge in [0.05, 0.1) is 11.2 Å². The lowest BCUT2D eigenvalue weighted by molar-refractivity contribution is 1.13. The molecule has 1 aromatic carbocycles. The van der Waals surface area contributed by atoms with Crippen LogP contribution in [0.25, 0.3) is 10.9 Å². The maximum absolute atomic E-state index is 4.30. The Balaban J connectivity index is 2.41. The number of nitrogens with one attached hydrogen (secondary N) is 1. The SMILES string of the molecule is C1=NCNc2c1ccc1ncccc21. The van der Waals surface area contributed by atoms with Crippen molar-refractivity contribution in [3.63, 3.8) is 0 Å². The summed E-state index contributed by atoms with van der Waals surface area (Å²) in [4.78, 5) is 8.47. The Labute approximate surface area is 81.5 Å². The first-order valence-electron chi connectivity index (χ1n) is 4.56. The third kappa shape index (κ3) is 0.988. The Bertz CT molecular complexity index is 517. The number of hydrogen-bond donors (Lipinski definition) is 1. The third-order valence-electron chi connectivity index (χ3n) is 2.39. The molecule has 68 valence electrons. The highest BCUT2D eigenvalue weighted by atomic mass is 15.0. The number of nitrogens with zero attached hydrogens (tertiary/aromatic N) is 2. The van der Waals surface area contributed by atoms with Crippen molar-refractivity contribution in [1.82, 2.24) is 4.98 Å². The fraction of sp³-hybridized carbons (Fsp3) is 0.0909. The number of anilines is 1. The van der Waals surface area contributed by atoms with Gasteiger partial charge in [0.25, 0.3) is 0 Å². The van der Waals surface area contributed by atoms with Crippen LogP contribution in [0, 0.1) is 0 Å². The van der Waals surface area contributed by atoms with Gasteiger partial charge in [-0.25, -0.2) is 0 Å². The van der Waals surface area contributed by atoms with Crippen molar-refractivity contribution in [3.05, 3.63) is 36.0 Å². The van der Waals surface area contributed by atoms with Crippen molar-refractivity contribution < 1.29 is 0 Å². The van der Waals surface area contributed by atoms with Crippen LogP contribution in [0.3, 0.4) is 0 Å². The van der Waals surface area contributed by atoms with E-state index in [0.29, 0.717) is 6.67 Å². The minimum atomic E-state index is 0.654. The first-order valence-corrected chi connectivity index (χ1v) is 4.56. The molecule has 0 aliphatic carbocycles. The summed E-state index contributed by atoms with van der Waals surface area (Å²) in [6.45, 7) is 0.654. The number of benzene rings is 1. The molecule has 0 atom stereocenters. The molecule has 14 heavy (non-hydrogen) atoms. The van der Waals surface area contributed by atoms with Gasteiger partial charge in [0, 0.05) is 23.4 Å². The average molecular weight is 183 g/mol. The zero-order valence-electron chi connectivity index (χ0n) is 7.57. The predicted octanol–water partition coefficient (Wildman–Crippen LogP) is 2.04.